The van der Waals surface area contributed by atoms with Crippen LogP contribution >= 0.6 is 0 Å². The van der Waals surface area contributed by atoms with Crippen molar-refractivity contribution in [2.24, 2.45) is 11.3 Å². The first-order chi connectivity index (χ1) is 12.5. The summed E-state index contributed by atoms with van der Waals surface area (Å²) in [7, 11) is 3.22. The predicted molar refractivity (Wildman–Crippen MR) is 96.6 cm³/mol. The summed E-state index contributed by atoms with van der Waals surface area (Å²) in [5.41, 5.74) is 0.170. The highest BCUT2D eigenvalue weighted by Crippen LogP contribution is 2.51. The first-order valence-electron chi connectivity index (χ1n) is 9.24. The Morgan fingerprint density at radius 3 is 2.54 bits per heavy atom. The van der Waals surface area contributed by atoms with Crippen LogP contribution in [0.15, 0.2) is 18.2 Å². The minimum atomic E-state index is -0.800. The number of carbonyl (C=O) groups is 2. The van der Waals surface area contributed by atoms with Crippen molar-refractivity contribution < 1.29 is 24.2 Å². The van der Waals surface area contributed by atoms with Gasteiger partial charge in [-0.05, 0) is 37.5 Å². The number of carboxylic acid groups (broad SMARTS) is 1. The Kier molecular flexibility index (Phi) is 5.39. The second kappa shape index (κ2) is 7.56. The molecule has 2 unspecified atom stereocenters. The van der Waals surface area contributed by atoms with Crippen LogP contribution < -0.4 is 14.8 Å². The zero-order chi connectivity index (χ0) is 18.7. The van der Waals surface area contributed by atoms with E-state index in [1.165, 1.54) is 0 Å². The van der Waals surface area contributed by atoms with Crippen LogP contribution in [-0.4, -0.2) is 37.7 Å². The van der Waals surface area contributed by atoms with Crippen molar-refractivity contribution in [2.75, 3.05) is 20.8 Å². The van der Waals surface area contributed by atoms with Crippen LogP contribution in [0.2, 0.25) is 0 Å². The van der Waals surface area contributed by atoms with Gasteiger partial charge in [-0.1, -0.05) is 19.3 Å². The lowest BCUT2D eigenvalue weighted by Crippen LogP contribution is -2.44. The van der Waals surface area contributed by atoms with Crippen molar-refractivity contribution in [3.63, 3.8) is 0 Å². The van der Waals surface area contributed by atoms with Crippen molar-refractivity contribution >= 4 is 11.9 Å². The molecule has 2 saturated carbocycles. The molecule has 2 aliphatic rings. The largest absolute Gasteiger partial charge is 0.497 e. The van der Waals surface area contributed by atoms with Gasteiger partial charge in [0.2, 0.25) is 5.91 Å². The van der Waals surface area contributed by atoms with E-state index >= 15 is 0 Å². The van der Waals surface area contributed by atoms with Crippen LogP contribution in [0.4, 0.5) is 0 Å². The zero-order valence-corrected chi connectivity index (χ0v) is 15.4. The molecule has 0 spiro atoms. The minimum Gasteiger partial charge on any atom is -0.497 e. The van der Waals surface area contributed by atoms with Crippen LogP contribution in [0.3, 0.4) is 0 Å². The topological polar surface area (TPSA) is 84.9 Å². The van der Waals surface area contributed by atoms with Gasteiger partial charge in [0.25, 0.3) is 0 Å². The molecule has 1 aromatic rings. The number of hydrogen-bond acceptors (Lipinski definition) is 4. The summed E-state index contributed by atoms with van der Waals surface area (Å²) in [6.07, 6.45) is 4.92. The van der Waals surface area contributed by atoms with Gasteiger partial charge in [-0.25, -0.2) is 0 Å². The lowest BCUT2D eigenvalue weighted by Gasteiger charge is -2.33. The van der Waals surface area contributed by atoms with Gasteiger partial charge in [0.15, 0.2) is 0 Å². The molecule has 1 aromatic carbocycles. The van der Waals surface area contributed by atoms with Gasteiger partial charge in [0.05, 0.1) is 19.6 Å². The number of carbonyl (C=O) groups excluding carboxylic acids is 1. The standard InChI is InChI=1S/C20H27NO5/c1-25-13-6-7-17(26-2)15(10-13)14-11-16(14)18(22)21-12-20(19(23)24)8-4-3-5-9-20/h6-7,10,14,16H,3-5,8-9,11-12H2,1-2H3,(H,21,22)(H,23,24). The third-order valence-electron chi connectivity index (χ3n) is 5.83. The SMILES string of the molecule is COc1ccc(OC)c(C2CC2C(=O)NCC2(C(=O)O)CCCCC2)c1. The number of ether oxygens (including phenoxy) is 2. The van der Waals surface area contributed by atoms with Crippen molar-refractivity contribution in [2.45, 2.75) is 44.4 Å². The molecule has 26 heavy (non-hydrogen) atoms. The highest BCUT2D eigenvalue weighted by Gasteiger charge is 2.47. The van der Waals surface area contributed by atoms with E-state index in [1.54, 1.807) is 14.2 Å². The normalized spacial score (nSPS) is 23.8. The maximum absolute atomic E-state index is 12.6. The van der Waals surface area contributed by atoms with Gasteiger partial charge in [0.1, 0.15) is 11.5 Å². The first kappa shape index (κ1) is 18.5. The number of amides is 1. The molecule has 0 aromatic heterocycles. The molecule has 0 radical (unpaired) electrons. The molecule has 0 saturated heterocycles. The molecule has 1 amide bonds. The van der Waals surface area contributed by atoms with E-state index in [1.807, 2.05) is 18.2 Å². The smallest absolute Gasteiger partial charge is 0.311 e. The molecule has 6 nitrogen and oxygen atoms in total. The molecule has 0 heterocycles. The number of nitrogens with one attached hydrogen (secondary N) is 1. The number of methoxy groups -OCH3 is 2. The van der Waals surface area contributed by atoms with Crippen molar-refractivity contribution in [3.8, 4) is 11.5 Å². The van der Waals surface area contributed by atoms with E-state index in [2.05, 4.69) is 5.32 Å². The van der Waals surface area contributed by atoms with Gasteiger partial charge in [-0.2, -0.15) is 0 Å². The number of benzene rings is 1. The van der Waals surface area contributed by atoms with E-state index in [0.29, 0.717) is 12.8 Å². The average Bonchev–Trinajstić information content (AvgIpc) is 3.47. The van der Waals surface area contributed by atoms with Gasteiger partial charge >= 0.3 is 5.97 Å². The monoisotopic (exact) mass is 361 g/mol. The summed E-state index contributed by atoms with van der Waals surface area (Å²) in [6, 6.07) is 5.60. The molecule has 0 bridgehead atoms. The van der Waals surface area contributed by atoms with E-state index in [-0.39, 0.29) is 24.3 Å². The molecule has 2 atom stereocenters. The molecule has 142 valence electrons. The lowest BCUT2D eigenvalue weighted by atomic mass is 9.74. The Balaban J connectivity index is 1.63. The van der Waals surface area contributed by atoms with Gasteiger partial charge < -0.3 is 19.9 Å². The van der Waals surface area contributed by atoms with Gasteiger partial charge in [0, 0.05) is 23.9 Å². The van der Waals surface area contributed by atoms with E-state index in [4.69, 9.17) is 9.47 Å². The van der Waals surface area contributed by atoms with Gasteiger partial charge in [-0.3, -0.25) is 9.59 Å². The van der Waals surface area contributed by atoms with E-state index in [9.17, 15) is 14.7 Å². The summed E-state index contributed by atoms with van der Waals surface area (Å²) in [5.74, 6) is 0.585. The van der Waals surface area contributed by atoms with Crippen LogP contribution in [0.25, 0.3) is 0 Å². The van der Waals surface area contributed by atoms with Crippen LogP contribution in [0.5, 0.6) is 11.5 Å². The molecule has 3 rings (SSSR count). The Morgan fingerprint density at radius 1 is 1.19 bits per heavy atom. The lowest BCUT2D eigenvalue weighted by molar-refractivity contribution is -0.151. The molecule has 6 heteroatoms. The maximum Gasteiger partial charge on any atom is 0.311 e. The molecule has 2 N–H and O–H groups in total. The Bertz CT molecular complexity index is 681. The second-order valence-corrected chi connectivity index (χ2v) is 7.42. The highest BCUT2D eigenvalue weighted by atomic mass is 16.5. The Hall–Kier alpha value is -2.24. The molecule has 2 fully saturated rings. The van der Waals surface area contributed by atoms with Crippen molar-refractivity contribution in [3.05, 3.63) is 23.8 Å². The van der Waals surface area contributed by atoms with Crippen molar-refractivity contribution in [1.29, 1.82) is 0 Å². The second-order valence-electron chi connectivity index (χ2n) is 7.42. The average molecular weight is 361 g/mol. The third-order valence-corrected chi connectivity index (χ3v) is 5.83. The maximum atomic E-state index is 12.6. The van der Waals surface area contributed by atoms with Crippen LogP contribution in [0.1, 0.15) is 50.0 Å². The van der Waals surface area contributed by atoms with Gasteiger partial charge in [-0.15, -0.1) is 0 Å². The van der Waals surface area contributed by atoms with E-state index in [0.717, 1.165) is 42.7 Å². The first-order valence-corrected chi connectivity index (χ1v) is 9.24. The summed E-state index contributed by atoms with van der Waals surface area (Å²) in [4.78, 5) is 24.3. The van der Waals surface area contributed by atoms with Crippen molar-refractivity contribution in [1.82, 2.24) is 5.32 Å². The fourth-order valence-electron chi connectivity index (χ4n) is 4.04. The number of carboxylic acids is 1. The number of aliphatic carboxylic acids is 1. The molecule has 0 aliphatic heterocycles. The molecular weight excluding hydrogens is 334 g/mol. The Labute approximate surface area is 153 Å². The third kappa shape index (κ3) is 3.64. The minimum absolute atomic E-state index is 0.0638. The fraction of sp³-hybridized carbons (Fsp3) is 0.600. The summed E-state index contributed by atoms with van der Waals surface area (Å²) in [6.45, 7) is 0.222. The van der Waals surface area contributed by atoms with Crippen LogP contribution in [0, 0.1) is 11.3 Å². The highest BCUT2D eigenvalue weighted by molar-refractivity contribution is 5.84. The zero-order valence-electron chi connectivity index (χ0n) is 15.4. The van der Waals surface area contributed by atoms with Crippen LogP contribution in [-0.2, 0) is 9.59 Å². The fourth-order valence-corrected chi connectivity index (χ4v) is 4.04. The molecule has 2 aliphatic carbocycles. The molecular formula is C20H27NO5. The summed E-state index contributed by atoms with van der Waals surface area (Å²) >= 11 is 0. The number of hydrogen-bond donors (Lipinski definition) is 2. The quantitative estimate of drug-likeness (QED) is 0.780. The number of rotatable bonds is 7. The summed E-state index contributed by atoms with van der Waals surface area (Å²) in [5, 5.41) is 12.5. The summed E-state index contributed by atoms with van der Waals surface area (Å²) < 4.78 is 10.7. The van der Waals surface area contributed by atoms with E-state index < -0.39 is 11.4 Å². The Morgan fingerprint density at radius 2 is 1.92 bits per heavy atom. The predicted octanol–water partition coefficient (Wildman–Crippen LogP) is 2.96.